The van der Waals surface area contributed by atoms with Crippen LogP contribution >= 0.6 is 11.8 Å². The number of amides is 1. The van der Waals surface area contributed by atoms with Crippen LogP contribution in [0.25, 0.3) is 5.69 Å². The molecule has 2 aromatic rings. The van der Waals surface area contributed by atoms with E-state index in [9.17, 15) is 4.79 Å². The molecule has 1 aliphatic rings. The maximum absolute atomic E-state index is 12.7. The van der Waals surface area contributed by atoms with Crippen LogP contribution in [-0.4, -0.2) is 49.4 Å². The van der Waals surface area contributed by atoms with Crippen molar-refractivity contribution in [3.05, 3.63) is 29.3 Å². The molecule has 2 heterocycles. The Morgan fingerprint density at radius 1 is 1.24 bits per heavy atom. The Morgan fingerprint density at radius 3 is 2.52 bits per heavy atom. The average Bonchev–Trinajstić information content (AvgIpc) is 3.02. The first-order valence-corrected chi connectivity index (χ1v) is 9.65. The summed E-state index contributed by atoms with van der Waals surface area (Å²) in [5.74, 6) is 0.885. The Hall–Kier alpha value is -1.89. The minimum absolute atomic E-state index is 0.174. The van der Waals surface area contributed by atoms with E-state index < -0.39 is 0 Å². The van der Waals surface area contributed by atoms with Crippen LogP contribution < -0.4 is 0 Å². The zero-order chi connectivity index (χ0) is 18.0. The fourth-order valence-electron chi connectivity index (χ4n) is 3.23. The molecular formula is C18H25N5OS. The van der Waals surface area contributed by atoms with E-state index in [-0.39, 0.29) is 11.2 Å². The number of nitrogens with zero attached hydrogens (tertiary/aromatic N) is 5. The minimum Gasteiger partial charge on any atom is -0.342 e. The van der Waals surface area contributed by atoms with Crippen molar-refractivity contribution >= 4 is 17.7 Å². The van der Waals surface area contributed by atoms with Crippen molar-refractivity contribution in [2.45, 2.75) is 50.9 Å². The molecule has 0 aliphatic carbocycles. The van der Waals surface area contributed by atoms with E-state index in [4.69, 9.17) is 0 Å². The number of aromatic nitrogens is 4. The summed E-state index contributed by atoms with van der Waals surface area (Å²) in [5.41, 5.74) is 3.21. The number of piperidine rings is 1. The Kier molecular flexibility index (Phi) is 5.42. The number of para-hydroxylation sites is 1. The maximum Gasteiger partial charge on any atom is 0.235 e. The Labute approximate surface area is 153 Å². The van der Waals surface area contributed by atoms with Gasteiger partial charge in [-0.3, -0.25) is 4.79 Å². The summed E-state index contributed by atoms with van der Waals surface area (Å²) in [7, 11) is 0. The highest BCUT2D eigenvalue weighted by molar-refractivity contribution is 8.00. The lowest BCUT2D eigenvalue weighted by Crippen LogP contribution is -2.41. The third kappa shape index (κ3) is 3.86. The smallest absolute Gasteiger partial charge is 0.235 e. The lowest BCUT2D eigenvalue weighted by Gasteiger charge is -2.31. The highest BCUT2D eigenvalue weighted by Gasteiger charge is 2.27. The van der Waals surface area contributed by atoms with Gasteiger partial charge in [0.25, 0.3) is 0 Å². The van der Waals surface area contributed by atoms with Gasteiger partial charge < -0.3 is 4.90 Å². The highest BCUT2D eigenvalue weighted by atomic mass is 32.2. The van der Waals surface area contributed by atoms with Crippen LogP contribution in [0.4, 0.5) is 0 Å². The lowest BCUT2D eigenvalue weighted by atomic mass is 9.99. The number of benzene rings is 1. The number of likely N-dealkylation sites (tertiary alicyclic amines) is 1. The molecule has 0 N–H and O–H groups in total. The van der Waals surface area contributed by atoms with Gasteiger partial charge in [-0.15, -0.1) is 5.10 Å². The molecule has 1 aromatic heterocycles. The molecule has 3 rings (SSSR count). The third-order valence-corrected chi connectivity index (χ3v) is 5.84. The van der Waals surface area contributed by atoms with Gasteiger partial charge in [-0.05, 0) is 61.1 Å². The Balaban J connectivity index is 1.76. The van der Waals surface area contributed by atoms with Crippen LogP contribution in [0.3, 0.4) is 0 Å². The van der Waals surface area contributed by atoms with Crippen molar-refractivity contribution in [3.8, 4) is 5.69 Å². The fraction of sp³-hybridized carbons (Fsp3) is 0.556. The molecule has 1 atom stereocenters. The number of hydrogen-bond donors (Lipinski definition) is 0. The Morgan fingerprint density at radius 2 is 1.88 bits per heavy atom. The number of thioether (sulfide) groups is 1. The van der Waals surface area contributed by atoms with E-state index in [1.54, 1.807) is 4.68 Å². The summed E-state index contributed by atoms with van der Waals surface area (Å²) < 4.78 is 1.75. The van der Waals surface area contributed by atoms with Crippen LogP contribution in [0.5, 0.6) is 0 Å². The largest absolute Gasteiger partial charge is 0.342 e. The molecule has 7 heteroatoms. The summed E-state index contributed by atoms with van der Waals surface area (Å²) in [5, 5.41) is 12.6. The van der Waals surface area contributed by atoms with E-state index >= 15 is 0 Å². The van der Waals surface area contributed by atoms with Gasteiger partial charge in [0.05, 0.1) is 10.9 Å². The van der Waals surface area contributed by atoms with Crippen LogP contribution in [0.2, 0.25) is 0 Å². The molecule has 134 valence electrons. The van der Waals surface area contributed by atoms with Gasteiger partial charge in [-0.25, -0.2) is 0 Å². The van der Waals surface area contributed by atoms with Gasteiger partial charge in [0.15, 0.2) is 0 Å². The van der Waals surface area contributed by atoms with Crippen LogP contribution in [0.1, 0.15) is 37.8 Å². The van der Waals surface area contributed by atoms with Gasteiger partial charge in [0, 0.05) is 13.1 Å². The highest BCUT2D eigenvalue weighted by Crippen LogP contribution is 2.28. The standard InChI is InChI=1S/C18H25N5OS/c1-12-8-10-22(11-9-12)17(24)15(4)25-18-19-20-21-23(18)16-13(2)6-5-7-14(16)3/h5-7,12,15H,8-11H2,1-4H3. The van der Waals surface area contributed by atoms with Gasteiger partial charge in [-0.1, -0.05) is 36.9 Å². The van der Waals surface area contributed by atoms with E-state index in [1.165, 1.54) is 11.8 Å². The van der Waals surface area contributed by atoms with Crippen molar-refractivity contribution in [3.63, 3.8) is 0 Å². The lowest BCUT2D eigenvalue weighted by molar-refractivity contribution is -0.131. The van der Waals surface area contributed by atoms with Crippen molar-refractivity contribution in [1.82, 2.24) is 25.1 Å². The van der Waals surface area contributed by atoms with E-state index in [2.05, 4.69) is 22.4 Å². The van der Waals surface area contributed by atoms with Crippen LogP contribution in [-0.2, 0) is 4.79 Å². The third-order valence-electron chi connectivity index (χ3n) is 4.82. The average molecular weight is 359 g/mol. The zero-order valence-electron chi connectivity index (χ0n) is 15.3. The summed E-state index contributed by atoms with van der Waals surface area (Å²) in [6, 6.07) is 6.11. The molecule has 0 radical (unpaired) electrons. The summed E-state index contributed by atoms with van der Waals surface area (Å²) in [6.45, 7) is 9.98. The molecule has 1 aromatic carbocycles. The van der Waals surface area contributed by atoms with Crippen molar-refractivity contribution in [1.29, 1.82) is 0 Å². The van der Waals surface area contributed by atoms with Crippen molar-refractivity contribution in [2.24, 2.45) is 5.92 Å². The van der Waals surface area contributed by atoms with Gasteiger partial charge in [0.1, 0.15) is 0 Å². The maximum atomic E-state index is 12.7. The predicted octanol–water partition coefficient (Wildman–Crippen LogP) is 3.02. The number of carbonyl (C=O) groups is 1. The molecule has 6 nitrogen and oxygen atoms in total. The molecule has 0 saturated carbocycles. The summed E-state index contributed by atoms with van der Waals surface area (Å²) in [4.78, 5) is 14.7. The zero-order valence-corrected chi connectivity index (χ0v) is 16.1. The number of tetrazole rings is 1. The predicted molar refractivity (Wildman–Crippen MR) is 98.9 cm³/mol. The summed E-state index contributed by atoms with van der Waals surface area (Å²) in [6.07, 6.45) is 2.17. The van der Waals surface area contributed by atoms with Crippen LogP contribution in [0, 0.1) is 19.8 Å². The first kappa shape index (κ1) is 17.9. The van der Waals surface area contributed by atoms with Crippen molar-refractivity contribution < 1.29 is 4.79 Å². The fourth-order valence-corrected chi connectivity index (χ4v) is 4.10. The molecule has 1 unspecified atom stereocenters. The first-order valence-electron chi connectivity index (χ1n) is 8.77. The molecule has 1 fully saturated rings. The molecule has 0 spiro atoms. The van der Waals surface area contributed by atoms with E-state index in [0.717, 1.165) is 42.7 Å². The van der Waals surface area contributed by atoms with Gasteiger partial charge >= 0.3 is 0 Å². The molecule has 1 amide bonds. The van der Waals surface area contributed by atoms with Gasteiger partial charge in [-0.2, -0.15) is 4.68 Å². The van der Waals surface area contributed by atoms with Crippen molar-refractivity contribution in [2.75, 3.05) is 13.1 Å². The number of rotatable bonds is 4. The second-order valence-electron chi connectivity index (χ2n) is 6.88. The topological polar surface area (TPSA) is 63.9 Å². The number of hydrogen-bond acceptors (Lipinski definition) is 5. The van der Waals surface area contributed by atoms with E-state index in [0.29, 0.717) is 11.1 Å². The summed E-state index contributed by atoms with van der Waals surface area (Å²) >= 11 is 1.43. The first-order chi connectivity index (χ1) is 12.0. The molecule has 1 saturated heterocycles. The van der Waals surface area contributed by atoms with E-state index in [1.807, 2.05) is 43.9 Å². The second-order valence-corrected chi connectivity index (χ2v) is 8.19. The molecule has 25 heavy (non-hydrogen) atoms. The van der Waals surface area contributed by atoms with Crippen LogP contribution in [0.15, 0.2) is 23.4 Å². The normalized spacial score (nSPS) is 16.9. The number of aryl methyl sites for hydroxylation is 2. The quantitative estimate of drug-likeness (QED) is 0.785. The molecule has 1 aliphatic heterocycles. The molecular weight excluding hydrogens is 334 g/mol. The second kappa shape index (κ2) is 7.56. The SMILES string of the molecule is Cc1cccc(C)c1-n1nnnc1SC(C)C(=O)N1CCC(C)CC1. The van der Waals surface area contributed by atoms with Gasteiger partial charge in [0.2, 0.25) is 11.1 Å². The molecule has 0 bridgehead atoms. The number of carbonyl (C=O) groups excluding carboxylic acids is 1. The minimum atomic E-state index is -0.206. The monoisotopic (exact) mass is 359 g/mol. The Bertz CT molecular complexity index is 731.